The van der Waals surface area contributed by atoms with E-state index in [9.17, 15) is 4.79 Å². The van der Waals surface area contributed by atoms with Crippen LogP contribution in [0.3, 0.4) is 0 Å². The molecule has 0 amide bonds. The van der Waals surface area contributed by atoms with Crippen LogP contribution in [0.5, 0.6) is 5.75 Å². The monoisotopic (exact) mass is 379 g/mol. The first-order valence-corrected chi connectivity index (χ1v) is 9.00. The highest BCUT2D eigenvalue weighted by Gasteiger charge is 2.25. The summed E-state index contributed by atoms with van der Waals surface area (Å²) in [6.07, 6.45) is 2.97. The van der Waals surface area contributed by atoms with Crippen LogP contribution in [0.25, 0.3) is 11.4 Å². The lowest BCUT2D eigenvalue weighted by Gasteiger charge is -2.34. The Hall–Kier alpha value is -3.26. The maximum atomic E-state index is 12.5. The van der Waals surface area contributed by atoms with Gasteiger partial charge in [0.2, 0.25) is 5.95 Å². The van der Waals surface area contributed by atoms with Crippen LogP contribution in [0.15, 0.2) is 53.7 Å². The molecule has 8 heteroatoms. The zero-order valence-electron chi connectivity index (χ0n) is 15.8. The Kier molecular flexibility index (Phi) is 5.03. The molecule has 144 valence electrons. The highest BCUT2D eigenvalue weighted by Crippen LogP contribution is 2.27. The molecule has 8 nitrogen and oxygen atoms in total. The zero-order valence-corrected chi connectivity index (χ0v) is 15.8. The van der Waals surface area contributed by atoms with Gasteiger partial charge in [0.1, 0.15) is 18.2 Å². The second-order valence-corrected chi connectivity index (χ2v) is 6.51. The van der Waals surface area contributed by atoms with Crippen LogP contribution in [0.4, 0.5) is 5.95 Å². The summed E-state index contributed by atoms with van der Waals surface area (Å²) >= 11 is 0. The Morgan fingerprint density at radius 3 is 2.71 bits per heavy atom. The van der Waals surface area contributed by atoms with Gasteiger partial charge in [-0.25, -0.2) is 15.0 Å². The zero-order chi connectivity index (χ0) is 19.5. The number of methoxy groups -OCH3 is 1. The molecule has 1 atom stereocenters. The number of anilines is 1. The average molecular weight is 379 g/mol. The summed E-state index contributed by atoms with van der Waals surface area (Å²) in [5.41, 5.74) is 2.08. The van der Waals surface area contributed by atoms with Crippen LogP contribution in [0.1, 0.15) is 11.7 Å². The Morgan fingerprint density at radius 2 is 2.00 bits per heavy atom. The first-order valence-electron chi connectivity index (χ1n) is 9.00. The van der Waals surface area contributed by atoms with Crippen molar-refractivity contribution >= 4 is 5.95 Å². The topological polar surface area (TPSA) is 82.4 Å². The second kappa shape index (κ2) is 7.77. The minimum absolute atomic E-state index is 0.112. The third kappa shape index (κ3) is 3.59. The molecule has 0 aliphatic carbocycles. The summed E-state index contributed by atoms with van der Waals surface area (Å²) in [5, 5.41) is 0. The van der Waals surface area contributed by atoms with E-state index in [-0.39, 0.29) is 11.7 Å². The van der Waals surface area contributed by atoms with E-state index in [0.29, 0.717) is 37.0 Å². The highest BCUT2D eigenvalue weighted by atomic mass is 16.5. The van der Waals surface area contributed by atoms with Crippen LogP contribution in [0.2, 0.25) is 0 Å². The van der Waals surface area contributed by atoms with Crippen molar-refractivity contribution in [2.75, 3.05) is 31.7 Å². The summed E-state index contributed by atoms with van der Waals surface area (Å²) in [4.78, 5) is 27.4. The van der Waals surface area contributed by atoms with E-state index in [2.05, 4.69) is 14.9 Å². The molecule has 1 saturated heterocycles. The van der Waals surface area contributed by atoms with Crippen molar-refractivity contribution in [1.82, 2.24) is 19.5 Å². The van der Waals surface area contributed by atoms with Crippen molar-refractivity contribution < 1.29 is 9.47 Å². The van der Waals surface area contributed by atoms with Crippen molar-refractivity contribution in [2.24, 2.45) is 7.05 Å². The van der Waals surface area contributed by atoms with E-state index in [0.717, 1.165) is 11.3 Å². The Morgan fingerprint density at radius 1 is 1.18 bits per heavy atom. The summed E-state index contributed by atoms with van der Waals surface area (Å²) < 4.78 is 12.7. The molecule has 0 bridgehead atoms. The second-order valence-electron chi connectivity index (χ2n) is 6.51. The van der Waals surface area contributed by atoms with Crippen molar-refractivity contribution in [1.29, 1.82) is 0 Å². The fraction of sp³-hybridized carbons (Fsp3) is 0.300. The summed E-state index contributed by atoms with van der Waals surface area (Å²) in [5.74, 6) is 1.40. The van der Waals surface area contributed by atoms with E-state index in [1.807, 2.05) is 24.3 Å². The summed E-state index contributed by atoms with van der Waals surface area (Å²) in [6, 6.07) is 11.1. The van der Waals surface area contributed by atoms with E-state index >= 15 is 0 Å². The molecule has 0 saturated carbocycles. The van der Waals surface area contributed by atoms with Crippen LogP contribution in [-0.2, 0) is 11.8 Å². The van der Waals surface area contributed by atoms with E-state index < -0.39 is 0 Å². The number of morpholine rings is 1. The number of aromatic nitrogens is 4. The van der Waals surface area contributed by atoms with E-state index in [4.69, 9.17) is 14.5 Å². The van der Waals surface area contributed by atoms with Gasteiger partial charge in [0.25, 0.3) is 5.56 Å². The molecule has 3 aromatic rings. The fourth-order valence-corrected chi connectivity index (χ4v) is 3.23. The predicted octanol–water partition coefficient (Wildman–Crippen LogP) is 1.82. The van der Waals surface area contributed by atoms with Crippen LogP contribution < -0.4 is 15.2 Å². The molecular weight excluding hydrogens is 358 g/mol. The maximum absolute atomic E-state index is 12.5. The number of benzene rings is 1. The molecule has 3 heterocycles. The molecule has 28 heavy (non-hydrogen) atoms. The third-order valence-corrected chi connectivity index (χ3v) is 4.79. The van der Waals surface area contributed by atoms with Gasteiger partial charge in [-0.15, -0.1) is 0 Å². The lowest BCUT2D eigenvalue weighted by Crippen LogP contribution is -2.41. The first-order chi connectivity index (χ1) is 13.7. The Bertz CT molecular complexity index is 1000. The van der Waals surface area contributed by atoms with Gasteiger partial charge in [-0.3, -0.25) is 9.36 Å². The molecule has 0 unspecified atom stereocenters. The smallest absolute Gasteiger partial charge is 0.255 e. The van der Waals surface area contributed by atoms with Crippen molar-refractivity contribution in [2.45, 2.75) is 6.10 Å². The average Bonchev–Trinajstić information content (AvgIpc) is 2.76. The van der Waals surface area contributed by atoms with Gasteiger partial charge < -0.3 is 14.4 Å². The fourth-order valence-electron chi connectivity index (χ4n) is 3.23. The van der Waals surface area contributed by atoms with E-state index in [1.165, 1.54) is 12.4 Å². The molecule has 1 aliphatic rings. The SMILES string of the molecule is COc1ccc([C@@H]2CN(c3nc(-c4ccncn4)cc(=O)n3C)CCO2)cc1. The third-order valence-electron chi connectivity index (χ3n) is 4.79. The standard InChI is InChI=1S/C20H21N5O3/c1-24-19(26)11-17(16-7-8-21-13-22-16)23-20(24)25-9-10-28-18(12-25)14-3-5-15(27-2)6-4-14/h3-8,11,13,18H,9-10,12H2,1-2H3/t18-/m0/s1. The number of hydrogen-bond acceptors (Lipinski definition) is 7. The molecule has 0 N–H and O–H groups in total. The number of nitrogens with zero attached hydrogens (tertiary/aromatic N) is 5. The first kappa shape index (κ1) is 18.1. The minimum atomic E-state index is -0.133. The van der Waals surface area contributed by atoms with Crippen molar-refractivity contribution in [3.8, 4) is 17.1 Å². The van der Waals surface area contributed by atoms with Gasteiger partial charge in [0.05, 0.1) is 31.6 Å². The lowest BCUT2D eigenvalue weighted by atomic mass is 10.1. The number of rotatable bonds is 4. The van der Waals surface area contributed by atoms with Crippen LogP contribution in [-0.4, -0.2) is 46.3 Å². The molecule has 4 rings (SSSR count). The molecular formula is C20H21N5O3. The van der Waals surface area contributed by atoms with Gasteiger partial charge in [0.15, 0.2) is 0 Å². The molecule has 0 radical (unpaired) electrons. The lowest BCUT2D eigenvalue weighted by molar-refractivity contribution is 0.0389. The number of hydrogen-bond donors (Lipinski definition) is 0. The Labute approximate surface area is 162 Å². The van der Waals surface area contributed by atoms with Gasteiger partial charge >= 0.3 is 0 Å². The molecule has 1 fully saturated rings. The minimum Gasteiger partial charge on any atom is -0.497 e. The van der Waals surface area contributed by atoms with Crippen LogP contribution in [0, 0.1) is 0 Å². The predicted molar refractivity (Wildman–Crippen MR) is 104 cm³/mol. The summed E-state index contributed by atoms with van der Waals surface area (Å²) in [6.45, 7) is 1.80. The molecule has 2 aromatic heterocycles. The summed E-state index contributed by atoms with van der Waals surface area (Å²) in [7, 11) is 3.37. The van der Waals surface area contributed by atoms with Gasteiger partial charge in [-0.1, -0.05) is 12.1 Å². The van der Waals surface area contributed by atoms with Crippen LogP contribution >= 0.6 is 0 Å². The Balaban J connectivity index is 1.64. The molecule has 1 aliphatic heterocycles. The number of ether oxygens (including phenoxy) is 2. The van der Waals surface area contributed by atoms with Gasteiger partial charge in [-0.2, -0.15) is 0 Å². The van der Waals surface area contributed by atoms with E-state index in [1.54, 1.807) is 31.0 Å². The largest absolute Gasteiger partial charge is 0.497 e. The maximum Gasteiger partial charge on any atom is 0.255 e. The quantitative estimate of drug-likeness (QED) is 0.684. The highest BCUT2D eigenvalue weighted by molar-refractivity contribution is 5.55. The van der Waals surface area contributed by atoms with Crippen molar-refractivity contribution in [3.05, 3.63) is 64.8 Å². The normalized spacial score (nSPS) is 16.8. The van der Waals surface area contributed by atoms with Gasteiger partial charge in [0, 0.05) is 25.9 Å². The molecule has 0 spiro atoms. The molecule has 1 aromatic carbocycles. The van der Waals surface area contributed by atoms with Crippen molar-refractivity contribution in [3.63, 3.8) is 0 Å². The van der Waals surface area contributed by atoms with Gasteiger partial charge in [-0.05, 0) is 23.8 Å².